The molecule has 12 heavy (non-hydrogen) atoms. The molecule has 0 amide bonds. The zero-order chi connectivity index (χ0) is 8.72. The minimum atomic E-state index is 0.689. The van der Waals surface area contributed by atoms with Crippen LogP contribution in [0.2, 0.25) is 0 Å². The van der Waals surface area contributed by atoms with Crippen molar-refractivity contribution in [2.75, 3.05) is 5.73 Å². The largest absolute Gasteiger partial charge is 0.369 e. The Morgan fingerprint density at radius 2 is 2.33 bits per heavy atom. The Labute approximate surface area is 72.6 Å². The monoisotopic (exact) mass is 165 g/mol. The van der Waals surface area contributed by atoms with E-state index in [1.165, 1.54) is 12.1 Å². The Kier molecular flexibility index (Phi) is 1.60. The van der Waals surface area contributed by atoms with Crippen molar-refractivity contribution in [1.82, 2.24) is 9.55 Å². The molecule has 0 bridgehead atoms. The minimum Gasteiger partial charge on any atom is -0.369 e. The van der Waals surface area contributed by atoms with Gasteiger partial charge in [0.05, 0.1) is 5.69 Å². The number of anilines is 1. The van der Waals surface area contributed by atoms with E-state index < -0.39 is 0 Å². The first kappa shape index (κ1) is 7.65. The van der Waals surface area contributed by atoms with E-state index in [2.05, 4.69) is 16.5 Å². The van der Waals surface area contributed by atoms with Gasteiger partial charge in [0, 0.05) is 12.2 Å². The van der Waals surface area contributed by atoms with Crippen LogP contribution < -0.4 is 5.73 Å². The van der Waals surface area contributed by atoms with Crippen LogP contribution in [0, 0.1) is 12.8 Å². The van der Waals surface area contributed by atoms with Crippen LogP contribution in [0.3, 0.4) is 0 Å². The molecule has 0 spiro atoms. The van der Waals surface area contributed by atoms with Crippen molar-refractivity contribution in [2.45, 2.75) is 33.2 Å². The summed E-state index contributed by atoms with van der Waals surface area (Å²) in [6.07, 6.45) is 2.41. The van der Waals surface area contributed by atoms with Gasteiger partial charge in [0.1, 0.15) is 0 Å². The van der Waals surface area contributed by atoms with Gasteiger partial charge >= 0.3 is 0 Å². The fraction of sp³-hybridized carbons (Fsp3) is 0.667. The Morgan fingerprint density at radius 3 is 3.08 bits per heavy atom. The van der Waals surface area contributed by atoms with Crippen molar-refractivity contribution in [1.29, 1.82) is 0 Å². The van der Waals surface area contributed by atoms with Gasteiger partial charge in [-0.1, -0.05) is 6.92 Å². The molecule has 66 valence electrons. The SMILES string of the molecule is Cc1nc(N)n2c1CCC(C)C2. The summed E-state index contributed by atoms with van der Waals surface area (Å²) in [5.74, 6) is 1.43. The topological polar surface area (TPSA) is 43.8 Å². The van der Waals surface area contributed by atoms with E-state index in [4.69, 9.17) is 5.73 Å². The Bertz CT molecular complexity index is 301. The summed E-state index contributed by atoms with van der Waals surface area (Å²) in [7, 11) is 0. The summed E-state index contributed by atoms with van der Waals surface area (Å²) in [5.41, 5.74) is 8.23. The van der Waals surface area contributed by atoms with Crippen molar-refractivity contribution in [3.8, 4) is 0 Å². The third kappa shape index (κ3) is 1.00. The molecule has 2 heterocycles. The lowest BCUT2D eigenvalue weighted by atomic mass is 9.99. The van der Waals surface area contributed by atoms with Crippen LogP contribution in [0.1, 0.15) is 24.7 Å². The third-order valence-electron chi connectivity index (χ3n) is 2.67. The lowest BCUT2D eigenvalue weighted by Crippen LogP contribution is -2.19. The molecule has 2 N–H and O–H groups in total. The molecule has 1 aliphatic heterocycles. The van der Waals surface area contributed by atoms with E-state index >= 15 is 0 Å². The van der Waals surface area contributed by atoms with E-state index in [9.17, 15) is 0 Å². The zero-order valence-corrected chi connectivity index (χ0v) is 7.67. The zero-order valence-electron chi connectivity index (χ0n) is 7.67. The van der Waals surface area contributed by atoms with Gasteiger partial charge in [-0.2, -0.15) is 0 Å². The van der Waals surface area contributed by atoms with E-state index in [1.54, 1.807) is 0 Å². The van der Waals surface area contributed by atoms with Crippen molar-refractivity contribution >= 4 is 5.95 Å². The van der Waals surface area contributed by atoms with E-state index in [0.29, 0.717) is 5.95 Å². The van der Waals surface area contributed by atoms with Gasteiger partial charge in [-0.25, -0.2) is 4.98 Å². The first-order chi connectivity index (χ1) is 5.68. The van der Waals surface area contributed by atoms with Crippen molar-refractivity contribution in [3.63, 3.8) is 0 Å². The average molecular weight is 165 g/mol. The minimum absolute atomic E-state index is 0.689. The first-order valence-electron chi connectivity index (χ1n) is 4.50. The third-order valence-corrected chi connectivity index (χ3v) is 2.67. The molecule has 1 aromatic rings. The van der Waals surface area contributed by atoms with Gasteiger partial charge in [-0.15, -0.1) is 0 Å². The molecule has 0 fully saturated rings. The molecule has 0 aromatic carbocycles. The molecule has 0 saturated carbocycles. The molecule has 3 nitrogen and oxygen atoms in total. The average Bonchev–Trinajstić information content (AvgIpc) is 2.28. The molecule has 3 heteroatoms. The molecule has 1 aliphatic rings. The number of fused-ring (bicyclic) bond motifs is 1. The molecule has 1 aromatic heterocycles. The Hall–Kier alpha value is -0.990. The van der Waals surface area contributed by atoms with Crippen LogP contribution in [-0.2, 0) is 13.0 Å². The first-order valence-corrected chi connectivity index (χ1v) is 4.50. The van der Waals surface area contributed by atoms with Crippen molar-refractivity contribution in [2.24, 2.45) is 5.92 Å². The fourth-order valence-corrected chi connectivity index (χ4v) is 1.94. The molecule has 1 atom stereocenters. The standard InChI is InChI=1S/C9H15N3/c1-6-3-4-8-7(2)11-9(10)12(8)5-6/h6H,3-5H2,1-2H3,(H2,10,11). The molecular weight excluding hydrogens is 150 g/mol. The maximum Gasteiger partial charge on any atom is 0.200 e. The van der Waals surface area contributed by atoms with Crippen LogP contribution in [-0.4, -0.2) is 9.55 Å². The van der Waals surface area contributed by atoms with Crippen LogP contribution in [0.15, 0.2) is 0 Å². The second kappa shape index (κ2) is 2.51. The van der Waals surface area contributed by atoms with E-state index in [-0.39, 0.29) is 0 Å². The quantitative estimate of drug-likeness (QED) is 0.630. The van der Waals surface area contributed by atoms with Gasteiger partial charge < -0.3 is 10.3 Å². The van der Waals surface area contributed by atoms with Crippen LogP contribution >= 0.6 is 0 Å². The van der Waals surface area contributed by atoms with E-state index in [1.807, 2.05) is 6.92 Å². The number of aryl methyl sites for hydroxylation is 1. The molecule has 2 rings (SSSR count). The van der Waals surface area contributed by atoms with Crippen LogP contribution in [0.25, 0.3) is 0 Å². The normalized spacial score (nSPS) is 22.3. The Balaban J connectivity index is 2.45. The van der Waals surface area contributed by atoms with Gasteiger partial charge in [0.25, 0.3) is 0 Å². The van der Waals surface area contributed by atoms with Gasteiger partial charge in [0.15, 0.2) is 0 Å². The molecular formula is C9H15N3. The number of hydrogen-bond acceptors (Lipinski definition) is 2. The van der Waals surface area contributed by atoms with Crippen molar-refractivity contribution in [3.05, 3.63) is 11.4 Å². The number of nitrogen functional groups attached to an aromatic ring is 1. The van der Waals surface area contributed by atoms with Crippen LogP contribution in [0.4, 0.5) is 5.95 Å². The highest BCUT2D eigenvalue weighted by molar-refractivity contribution is 5.29. The summed E-state index contributed by atoms with van der Waals surface area (Å²) < 4.78 is 2.16. The molecule has 1 unspecified atom stereocenters. The number of rotatable bonds is 0. The second-order valence-corrected chi connectivity index (χ2v) is 3.76. The van der Waals surface area contributed by atoms with Gasteiger partial charge in [-0.05, 0) is 25.7 Å². The summed E-state index contributed by atoms with van der Waals surface area (Å²) >= 11 is 0. The maximum absolute atomic E-state index is 5.78. The van der Waals surface area contributed by atoms with Crippen molar-refractivity contribution < 1.29 is 0 Å². The fourth-order valence-electron chi connectivity index (χ4n) is 1.94. The number of aromatic nitrogens is 2. The second-order valence-electron chi connectivity index (χ2n) is 3.76. The lowest BCUT2D eigenvalue weighted by molar-refractivity contribution is 0.402. The predicted molar refractivity (Wildman–Crippen MR) is 48.9 cm³/mol. The number of nitrogens with zero attached hydrogens (tertiary/aromatic N) is 2. The summed E-state index contributed by atoms with van der Waals surface area (Å²) in [6, 6.07) is 0. The summed E-state index contributed by atoms with van der Waals surface area (Å²) in [5, 5.41) is 0. The predicted octanol–water partition coefficient (Wildman–Crippen LogP) is 1.36. The Morgan fingerprint density at radius 1 is 1.58 bits per heavy atom. The van der Waals surface area contributed by atoms with Crippen LogP contribution in [0.5, 0.6) is 0 Å². The highest BCUT2D eigenvalue weighted by atomic mass is 15.2. The number of imidazole rings is 1. The lowest BCUT2D eigenvalue weighted by Gasteiger charge is -2.21. The van der Waals surface area contributed by atoms with E-state index in [0.717, 1.165) is 24.6 Å². The highest BCUT2D eigenvalue weighted by Crippen LogP contribution is 2.24. The molecule has 0 saturated heterocycles. The maximum atomic E-state index is 5.78. The summed E-state index contributed by atoms with van der Waals surface area (Å²) in [6.45, 7) is 5.35. The molecule has 0 aliphatic carbocycles. The molecule has 0 radical (unpaired) electrons. The van der Waals surface area contributed by atoms with Gasteiger partial charge in [0.2, 0.25) is 5.95 Å². The highest BCUT2D eigenvalue weighted by Gasteiger charge is 2.19. The number of hydrogen-bond donors (Lipinski definition) is 1. The smallest absolute Gasteiger partial charge is 0.200 e. The van der Waals surface area contributed by atoms with Gasteiger partial charge in [-0.3, -0.25) is 0 Å². The number of nitrogens with two attached hydrogens (primary N) is 1. The summed E-state index contributed by atoms with van der Waals surface area (Å²) in [4.78, 5) is 4.27.